The lowest BCUT2D eigenvalue weighted by atomic mass is 10.0. The first-order valence-electron chi connectivity index (χ1n) is 6.57. The number of halogens is 3. The molecule has 1 aliphatic heterocycles. The first kappa shape index (κ1) is 17.0. The molecule has 20 heavy (non-hydrogen) atoms. The van der Waals surface area contributed by atoms with Crippen molar-refractivity contribution in [3.8, 4) is 0 Å². The van der Waals surface area contributed by atoms with Gasteiger partial charge < -0.3 is 10.9 Å². The highest BCUT2D eigenvalue weighted by Crippen LogP contribution is 2.28. The number of hydrogen-bond donors (Lipinski definition) is 2. The number of amidine groups is 1. The summed E-state index contributed by atoms with van der Waals surface area (Å²) in [5.74, 6) is -2.70. The van der Waals surface area contributed by atoms with Gasteiger partial charge in [-0.05, 0) is 20.8 Å². The van der Waals surface area contributed by atoms with Crippen LogP contribution < -0.4 is 5.73 Å². The summed E-state index contributed by atoms with van der Waals surface area (Å²) in [6.45, 7) is 8.49. The highest BCUT2D eigenvalue weighted by molar-refractivity contribution is 5.83. The van der Waals surface area contributed by atoms with Gasteiger partial charge in [-0.2, -0.15) is 13.2 Å². The number of rotatable bonds is 3. The molecular weight excluding hydrogens is 273 g/mol. The zero-order chi connectivity index (χ0) is 15.6. The summed E-state index contributed by atoms with van der Waals surface area (Å²) in [4.78, 5) is 3.94. The molecule has 0 spiro atoms. The number of alkyl halides is 3. The van der Waals surface area contributed by atoms with Gasteiger partial charge >= 0.3 is 6.18 Å². The molecule has 118 valence electrons. The predicted molar refractivity (Wildman–Crippen MR) is 70.7 cm³/mol. The molecule has 5 nitrogen and oxygen atoms in total. The summed E-state index contributed by atoms with van der Waals surface area (Å²) in [6.07, 6.45) is -4.50. The van der Waals surface area contributed by atoms with E-state index in [-0.39, 0.29) is 12.1 Å². The molecule has 0 aromatic heterocycles. The lowest BCUT2D eigenvalue weighted by Gasteiger charge is -2.43. The van der Waals surface area contributed by atoms with Gasteiger partial charge in [-0.15, -0.1) is 0 Å². The van der Waals surface area contributed by atoms with Crippen molar-refractivity contribution < 1.29 is 18.4 Å². The quantitative estimate of drug-likeness (QED) is 0.357. The van der Waals surface area contributed by atoms with Crippen LogP contribution in [0.25, 0.3) is 0 Å². The van der Waals surface area contributed by atoms with Crippen LogP contribution in [0.5, 0.6) is 0 Å². The Morgan fingerprint density at radius 2 is 1.70 bits per heavy atom. The highest BCUT2D eigenvalue weighted by atomic mass is 19.4. The van der Waals surface area contributed by atoms with Gasteiger partial charge in [-0.25, -0.2) is 0 Å². The Morgan fingerprint density at radius 1 is 1.20 bits per heavy atom. The maximum atomic E-state index is 12.9. The fourth-order valence-electron chi connectivity index (χ4n) is 2.29. The van der Waals surface area contributed by atoms with Crippen molar-refractivity contribution in [1.29, 1.82) is 0 Å². The summed E-state index contributed by atoms with van der Waals surface area (Å²) in [5.41, 5.74) is 5.17. The SMILES string of the molecule is CC(C)(C)N1CCN(CC(C(N)=NO)C(F)(F)F)CC1. The van der Waals surface area contributed by atoms with Gasteiger partial charge in [0, 0.05) is 38.3 Å². The van der Waals surface area contributed by atoms with Crippen LogP contribution in [0.4, 0.5) is 13.2 Å². The first-order chi connectivity index (χ1) is 9.05. The molecule has 0 bridgehead atoms. The van der Waals surface area contributed by atoms with Gasteiger partial charge in [0.15, 0.2) is 5.84 Å². The molecule has 0 radical (unpaired) electrons. The van der Waals surface area contributed by atoms with Crippen LogP contribution in [0.1, 0.15) is 20.8 Å². The van der Waals surface area contributed by atoms with E-state index in [1.165, 1.54) is 0 Å². The number of nitrogens with zero attached hydrogens (tertiary/aromatic N) is 3. The molecule has 1 atom stereocenters. The van der Waals surface area contributed by atoms with Crippen LogP contribution in [0.15, 0.2) is 5.16 Å². The number of nitrogens with two attached hydrogens (primary N) is 1. The predicted octanol–water partition coefficient (Wildman–Crippen LogP) is 1.33. The summed E-state index contributed by atoms with van der Waals surface area (Å²) >= 11 is 0. The molecule has 1 unspecified atom stereocenters. The van der Waals surface area contributed by atoms with Crippen LogP contribution >= 0.6 is 0 Å². The summed E-state index contributed by atoms with van der Waals surface area (Å²) in [7, 11) is 0. The second-order valence-corrected chi connectivity index (χ2v) is 6.08. The Morgan fingerprint density at radius 3 is 2.05 bits per heavy atom. The Labute approximate surface area is 117 Å². The standard InChI is InChI=1S/C12H23F3N4O/c1-11(2,3)19-6-4-18(5-7-19)8-9(10(16)17-20)12(13,14)15/h9,20H,4-8H2,1-3H3,(H2,16,17). The van der Waals surface area contributed by atoms with Crippen molar-refractivity contribution in [2.75, 3.05) is 32.7 Å². The molecule has 8 heteroatoms. The second kappa shape index (κ2) is 6.17. The Balaban J connectivity index is 2.61. The van der Waals surface area contributed by atoms with Crippen LogP contribution in [-0.2, 0) is 0 Å². The second-order valence-electron chi connectivity index (χ2n) is 6.08. The third-order valence-corrected chi connectivity index (χ3v) is 3.63. The minimum atomic E-state index is -4.50. The monoisotopic (exact) mass is 296 g/mol. The van der Waals surface area contributed by atoms with Gasteiger partial charge in [-0.3, -0.25) is 9.80 Å². The summed E-state index contributed by atoms with van der Waals surface area (Å²) in [6, 6.07) is 0. The fourth-order valence-corrected chi connectivity index (χ4v) is 2.29. The van der Waals surface area contributed by atoms with Gasteiger partial charge in [0.25, 0.3) is 0 Å². The van der Waals surface area contributed by atoms with Crippen LogP contribution in [-0.4, -0.2) is 65.3 Å². The fraction of sp³-hybridized carbons (Fsp3) is 0.917. The summed E-state index contributed by atoms with van der Waals surface area (Å²) < 4.78 is 38.6. The molecule has 0 saturated carbocycles. The van der Waals surface area contributed by atoms with Crippen LogP contribution in [0.2, 0.25) is 0 Å². The van der Waals surface area contributed by atoms with E-state index in [1.807, 2.05) is 0 Å². The van der Waals surface area contributed by atoms with E-state index in [4.69, 9.17) is 10.9 Å². The Hall–Kier alpha value is -1.02. The van der Waals surface area contributed by atoms with Crippen molar-refractivity contribution >= 4 is 5.84 Å². The minimum absolute atomic E-state index is 0.0150. The smallest absolute Gasteiger partial charge is 0.400 e. The van der Waals surface area contributed by atoms with Gasteiger partial charge in [0.2, 0.25) is 0 Å². The number of piperazine rings is 1. The molecule has 3 N–H and O–H groups in total. The molecule has 0 aliphatic carbocycles. The van der Waals surface area contributed by atoms with Crippen LogP contribution in [0, 0.1) is 5.92 Å². The zero-order valence-corrected chi connectivity index (χ0v) is 12.1. The topological polar surface area (TPSA) is 65.1 Å². The average molecular weight is 296 g/mol. The van der Waals surface area contributed by atoms with Crippen LogP contribution in [0.3, 0.4) is 0 Å². The molecule has 1 rings (SSSR count). The number of hydrogen-bond acceptors (Lipinski definition) is 4. The van der Waals surface area contributed by atoms with E-state index >= 15 is 0 Å². The molecule has 0 amide bonds. The van der Waals surface area contributed by atoms with E-state index in [1.54, 1.807) is 4.90 Å². The molecule has 1 saturated heterocycles. The molecule has 1 aliphatic rings. The van der Waals surface area contributed by atoms with Crippen molar-refractivity contribution in [1.82, 2.24) is 9.80 Å². The van der Waals surface area contributed by atoms with E-state index in [2.05, 4.69) is 30.8 Å². The Kier molecular flexibility index (Phi) is 5.26. The largest absolute Gasteiger partial charge is 0.409 e. The van der Waals surface area contributed by atoms with E-state index < -0.39 is 17.9 Å². The molecule has 0 aromatic rings. The molecule has 0 aromatic carbocycles. The minimum Gasteiger partial charge on any atom is -0.409 e. The number of oxime groups is 1. The third-order valence-electron chi connectivity index (χ3n) is 3.63. The summed E-state index contributed by atoms with van der Waals surface area (Å²) in [5, 5.41) is 11.0. The van der Waals surface area contributed by atoms with Crippen molar-refractivity contribution in [3.05, 3.63) is 0 Å². The molecule has 1 fully saturated rings. The third kappa shape index (κ3) is 4.52. The van der Waals surface area contributed by atoms with Gasteiger partial charge in [-0.1, -0.05) is 5.16 Å². The van der Waals surface area contributed by atoms with E-state index in [0.717, 1.165) is 0 Å². The Bertz CT molecular complexity index is 344. The van der Waals surface area contributed by atoms with E-state index in [0.29, 0.717) is 26.2 Å². The maximum Gasteiger partial charge on any atom is 0.400 e. The highest BCUT2D eigenvalue weighted by Gasteiger charge is 2.44. The van der Waals surface area contributed by atoms with Crippen molar-refractivity contribution in [2.24, 2.45) is 16.8 Å². The average Bonchev–Trinajstić information content (AvgIpc) is 2.33. The molecular formula is C12H23F3N4O. The lowest BCUT2D eigenvalue weighted by molar-refractivity contribution is -0.161. The zero-order valence-electron chi connectivity index (χ0n) is 12.1. The van der Waals surface area contributed by atoms with Crippen molar-refractivity contribution in [3.63, 3.8) is 0 Å². The molecule has 1 heterocycles. The first-order valence-corrected chi connectivity index (χ1v) is 6.57. The normalized spacial score (nSPS) is 22.0. The van der Waals surface area contributed by atoms with Crippen molar-refractivity contribution in [2.45, 2.75) is 32.5 Å². The van der Waals surface area contributed by atoms with E-state index in [9.17, 15) is 13.2 Å². The maximum absolute atomic E-state index is 12.9. The van der Waals surface area contributed by atoms with Gasteiger partial charge in [0.1, 0.15) is 5.92 Å². The lowest BCUT2D eigenvalue weighted by Crippen LogP contribution is -2.55. The van der Waals surface area contributed by atoms with Gasteiger partial charge in [0.05, 0.1) is 0 Å².